The largest absolute Gasteiger partial charge is 0.497 e. The Bertz CT molecular complexity index is 1890. The highest BCUT2D eigenvalue weighted by atomic mass is 32.2. The molecule has 1 N–H and O–H groups in total. The van der Waals surface area contributed by atoms with Crippen LogP contribution in [0.15, 0.2) is 82.6 Å². The Kier molecular flexibility index (Phi) is 8.19. The highest BCUT2D eigenvalue weighted by Crippen LogP contribution is 2.54. The summed E-state index contributed by atoms with van der Waals surface area (Å²) in [5, 5.41) is 2.08. The number of alkyl halides is 3. The minimum atomic E-state index is -4.67. The van der Waals surface area contributed by atoms with Crippen LogP contribution in [0.3, 0.4) is 0 Å². The van der Waals surface area contributed by atoms with Crippen molar-refractivity contribution >= 4 is 57.9 Å². The molecule has 238 valence electrons. The molecule has 6 rings (SSSR count). The summed E-state index contributed by atoms with van der Waals surface area (Å²) in [4.78, 5) is 57.2. The molecule has 0 bridgehead atoms. The highest BCUT2D eigenvalue weighted by molar-refractivity contribution is 8.00. The second kappa shape index (κ2) is 12.0. The Morgan fingerprint density at radius 2 is 1.67 bits per heavy atom. The molecule has 2 unspecified atom stereocenters. The van der Waals surface area contributed by atoms with Gasteiger partial charge in [-0.05, 0) is 60.2 Å². The Hall–Kier alpha value is -4.56. The first kappa shape index (κ1) is 31.4. The van der Waals surface area contributed by atoms with Crippen LogP contribution in [0.4, 0.5) is 30.2 Å². The van der Waals surface area contributed by atoms with Crippen LogP contribution >= 0.6 is 23.1 Å². The SMILES string of the molecule is COc1ccc(NC(=O)Cn2c3c(sc2=O)[C@H](c2ccc(N(C)C)cc2)C2C(=O)N(c4cccc(C(F)(F)F)c4)C(=O)C2S3)cc1. The number of ether oxygens (including phenoxy) is 1. The van der Waals surface area contributed by atoms with Gasteiger partial charge in [0.15, 0.2) is 0 Å². The van der Waals surface area contributed by atoms with E-state index in [2.05, 4.69) is 5.32 Å². The molecule has 46 heavy (non-hydrogen) atoms. The molecule has 3 heterocycles. The van der Waals surface area contributed by atoms with Crippen LogP contribution in [0.1, 0.15) is 21.9 Å². The monoisotopic (exact) mass is 668 g/mol. The number of thioether (sulfide) groups is 1. The van der Waals surface area contributed by atoms with E-state index in [1.54, 1.807) is 24.3 Å². The highest BCUT2D eigenvalue weighted by Gasteiger charge is 2.57. The quantitative estimate of drug-likeness (QED) is 0.262. The average molecular weight is 669 g/mol. The lowest BCUT2D eigenvalue weighted by Crippen LogP contribution is -2.33. The number of hydrogen-bond acceptors (Lipinski definition) is 8. The number of halogens is 3. The molecule has 2 aliphatic heterocycles. The van der Waals surface area contributed by atoms with Crippen molar-refractivity contribution in [1.29, 1.82) is 0 Å². The molecule has 3 atom stereocenters. The number of rotatable bonds is 7. The van der Waals surface area contributed by atoms with Gasteiger partial charge in [-0.3, -0.25) is 23.7 Å². The number of carbonyl (C=O) groups excluding carboxylic acids is 3. The average Bonchev–Trinajstić information content (AvgIpc) is 3.47. The van der Waals surface area contributed by atoms with Crippen molar-refractivity contribution in [1.82, 2.24) is 4.57 Å². The third-order valence-electron chi connectivity index (χ3n) is 7.93. The predicted octanol–water partition coefficient (Wildman–Crippen LogP) is 5.44. The summed E-state index contributed by atoms with van der Waals surface area (Å²) < 4.78 is 47.1. The Morgan fingerprint density at radius 3 is 2.30 bits per heavy atom. The molecule has 0 saturated carbocycles. The number of nitrogens with one attached hydrogen (secondary N) is 1. The van der Waals surface area contributed by atoms with Crippen LogP contribution in [0.25, 0.3) is 0 Å². The van der Waals surface area contributed by atoms with Crippen molar-refractivity contribution < 1.29 is 32.3 Å². The zero-order chi connectivity index (χ0) is 32.9. The fraction of sp³-hybridized carbons (Fsp3) is 0.250. The molecule has 9 nitrogen and oxygen atoms in total. The maximum absolute atomic E-state index is 14.0. The van der Waals surface area contributed by atoms with Crippen LogP contribution in [-0.2, 0) is 27.1 Å². The molecule has 0 radical (unpaired) electrons. The summed E-state index contributed by atoms with van der Waals surface area (Å²) in [7, 11) is 5.26. The fourth-order valence-electron chi connectivity index (χ4n) is 5.69. The third-order valence-corrected chi connectivity index (χ3v) is 10.5. The zero-order valence-corrected chi connectivity index (χ0v) is 26.3. The number of nitrogens with zero attached hydrogens (tertiary/aromatic N) is 3. The van der Waals surface area contributed by atoms with Crippen LogP contribution < -0.4 is 24.7 Å². The molecule has 3 amide bonds. The van der Waals surface area contributed by atoms with Crippen molar-refractivity contribution in [3.63, 3.8) is 0 Å². The van der Waals surface area contributed by atoms with E-state index in [1.165, 1.54) is 17.7 Å². The second-order valence-corrected chi connectivity index (χ2v) is 13.1. The second-order valence-electron chi connectivity index (χ2n) is 11.0. The lowest BCUT2D eigenvalue weighted by Gasteiger charge is -2.31. The number of fused-ring (bicyclic) bond motifs is 2. The number of carbonyl (C=O) groups is 3. The minimum Gasteiger partial charge on any atom is -0.497 e. The predicted molar refractivity (Wildman–Crippen MR) is 170 cm³/mol. The molecule has 1 saturated heterocycles. The summed E-state index contributed by atoms with van der Waals surface area (Å²) in [6.07, 6.45) is -4.67. The molecule has 4 aromatic rings. The van der Waals surface area contributed by atoms with E-state index in [0.717, 1.165) is 51.9 Å². The number of aromatic nitrogens is 1. The number of imide groups is 1. The van der Waals surface area contributed by atoms with Crippen LogP contribution in [0, 0.1) is 5.92 Å². The number of methoxy groups -OCH3 is 1. The normalized spacial score (nSPS) is 19.1. The van der Waals surface area contributed by atoms with Crippen molar-refractivity contribution in [3.8, 4) is 5.75 Å². The van der Waals surface area contributed by atoms with Gasteiger partial charge in [0, 0.05) is 36.3 Å². The first-order valence-electron chi connectivity index (χ1n) is 14.0. The maximum atomic E-state index is 14.0. The maximum Gasteiger partial charge on any atom is 0.416 e. The standard InChI is InChI=1S/C32H27F3N4O5S2/c1-37(2)20-11-7-17(8-12-20)24-25-26(29(42)39(28(25)41)21-6-4-5-18(15-21)32(33,34)35)45-30-27(24)46-31(43)38(30)16-23(40)36-19-9-13-22(44-3)14-10-19/h4-15,24-26H,16H2,1-3H3,(H,36,40)/t24-,25?,26?/m1/s1. The van der Waals surface area contributed by atoms with Crippen LogP contribution in [0.2, 0.25) is 0 Å². The molecule has 0 aliphatic carbocycles. The number of amides is 3. The van der Waals surface area contributed by atoms with E-state index in [1.807, 2.05) is 43.3 Å². The van der Waals surface area contributed by atoms with Crippen LogP contribution in [-0.4, -0.2) is 48.7 Å². The van der Waals surface area contributed by atoms with E-state index in [-0.39, 0.29) is 12.2 Å². The Labute approximate surface area is 269 Å². The van der Waals surface area contributed by atoms with Gasteiger partial charge in [-0.15, -0.1) is 0 Å². The molecule has 2 aliphatic rings. The van der Waals surface area contributed by atoms with Gasteiger partial charge in [-0.2, -0.15) is 13.2 Å². The van der Waals surface area contributed by atoms with E-state index < -0.39 is 51.4 Å². The lowest BCUT2D eigenvalue weighted by molar-refractivity contribution is -0.137. The summed E-state index contributed by atoms with van der Waals surface area (Å²) in [5.41, 5.74) is 0.861. The van der Waals surface area contributed by atoms with Gasteiger partial charge >= 0.3 is 11.0 Å². The molecule has 3 aromatic carbocycles. The minimum absolute atomic E-state index is 0.179. The number of thiazole rings is 1. The Balaban J connectivity index is 1.40. The fourth-order valence-corrected chi connectivity index (χ4v) is 8.46. The molecular formula is C32H27F3N4O5S2. The van der Waals surface area contributed by atoms with Gasteiger partial charge in [0.25, 0.3) is 0 Å². The van der Waals surface area contributed by atoms with E-state index >= 15 is 0 Å². The van der Waals surface area contributed by atoms with E-state index in [0.29, 0.717) is 26.9 Å². The summed E-state index contributed by atoms with van der Waals surface area (Å²) in [5.74, 6) is -2.97. The summed E-state index contributed by atoms with van der Waals surface area (Å²) in [6, 6.07) is 18.1. The van der Waals surface area contributed by atoms with Gasteiger partial charge < -0.3 is 15.0 Å². The van der Waals surface area contributed by atoms with Crippen LogP contribution in [0.5, 0.6) is 5.75 Å². The van der Waals surface area contributed by atoms with Crippen molar-refractivity contribution in [2.75, 3.05) is 36.3 Å². The zero-order valence-electron chi connectivity index (χ0n) is 24.7. The topological polar surface area (TPSA) is 101 Å². The molecule has 0 spiro atoms. The smallest absolute Gasteiger partial charge is 0.416 e. The van der Waals surface area contributed by atoms with Gasteiger partial charge in [0.05, 0.1) is 29.3 Å². The lowest BCUT2D eigenvalue weighted by atomic mass is 9.83. The van der Waals surface area contributed by atoms with Crippen molar-refractivity contribution in [2.45, 2.75) is 28.9 Å². The third kappa shape index (κ3) is 5.66. The number of hydrogen-bond donors (Lipinski definition) is 1. The van der Waals surface area contributed by atoms with Gasteiger partial charge in [0.2, 0.25) is 17.7 Å². The van der Waals surface area contributed by atoms with Crippen molar-refractivity contribution in [3.05, 3.63) is 98.5 Å². The van der Waals surface area contributed by atoms with Crippen molar-refractivity contribution in [2.24, 2.45) is 5.92 Å². The van der Waals surface area contributed by atoms with Gasteiger partial charge in [0.1, 0.15) is 17.5 Å². The molecule has 1 fully saturated rings. The summed E-state index contributed by atoms with van der Waals surface area (Å²) in [6.45, 7) is -0.354. The summed E-state index contributed by atoms with van der Waals surface area (Å²) >= 11 is 1.88. The van der Waals surface area contributed by atoms with E-state index in [4.69, 9.17) is 4.74 Å². The number of benzene rings is 3. The first-order chi connectivity index (χ1) is 21.9. The molecule has 14 heteroatoms. The molecule has 1 aromatic heterocycles. The molecular weight excluding hydrogens is 642 g/mol. The van der Waals surface area contributed by atoms with Gasteiger partial charge in [-0.1, -0.05) is 41.3 Å². The van der Waals surface area contributed by atoms with Gasteiger partial charge in [-0.25, -0.2) is 4.90 Å². The van der Waals surface area contributed by atoms with E-state index in [9.17, 15) is 32.3 Å². The first-order valence-corrected chi connectivity index (χ1v) is 15.7. The Morgan fingerprint density at radius 1 is 0.978 bits per heavy atom. The number of anilines is 3.